The van der Waals surface area contributed by atoms with E-state index in [1.807, 2.05) is 0 Å². The Bertz CT molecular complexity index is 152. The molecule has 0 saturated heterocycles. The summed E-state index contributed by atoms with van der Waals surface area (Å²) >= 11 is 3.14. The van der Waals surface area contributed by atoms with Crippen LogP contribution in [0.5, 0.6) is 0 Å². The molecular weight excluding hydrogens is 162 g/mol. The predicted molar refractivity (Wildman–Crippen MR) is 37.5 cm³/mol. The van der Waals surface area contributed by atoms with Crippen LogP contribution in [0.2, 0.25) is 0 Å². The SMILES string of the molecule is NCCCOS(=O)(=O)S. The molecule has 4 nitrogen and oxygen atoms in total. The monoisotopic (exact) mass is 171 g/mol. The molecule has 0 unspecified atom stereocenters. The number of hydrogen-bond donors (Lipinski definition) is 2. The summed E-state index contributed by atoms with van der Waals surface area (Å²) in [6, 6.07) is 0. The van der Waals surface area contributed by atoms with Gasteiger partial charge in [0.25, 0.3) is 0 Å². The molecule has 0 saturated carbocycles. The zero-order valence-corrected chi connectivity index (χ0v) is 6.49. The molecule has 0 aliphatic heterocycles. The van der Waals surface area contributed by atoms with Crippen molar-refractivity contribution < 1.29 is 12.6 Å². The maximum atomic E-state index is 10.1. The highest BCUT2D eigenvalue weighted by molar-refractivity contribution is 8.61. The first-order valence-corrected chi connectivity index (χ1v) is 4.84. The van der Waals surface area contributed by atoms with Crippen LogP contribution in [0, 0.1) is 0 Å². The molecule has 0 heterocycles. The minimum Gasteiger partial charge on any atom is -0.330 e. The number of nitrogens with two attached hydrogens (primary N) is 1. The summed E-state index contributed by atoms with van der Waals surface area (Å²) in [5.41, 5.74) is 5.06. The summed E-state index contributed by atoms with van der Waals surface area (Å²) in [7, 11) is -3.56. The van der Waals surface area contributed by atoms with Crippen LogP contribution in [0.25, 0.3) is 0 Å². The summed E-state index contributed by atoms with van der Waals surface area (Å²) in [6.45, 7) is 0.533. The molecule has 0 aliphatic rings. The summed E-state index contributed by atoms with van der Waals surface area (Å²) in [5.74, 6) is 0. The minimum atomic E-state index is -3.56. The van der Waals surface area contributed by atoms with E-state index in [0.29, 0.717) is 13.0 Å². The second-order valence-corrected chi connectivity index (χ2v) is 3.82. The average molecular weight is 171 g/mol. The van der Waals surface area contributed by atoms with Gasteiger partial charge in [-0.3, -0.25) is 4.18 Å². The number of thiol groups is 1. The van der Waals surface area contributed by atoms with Gasteiger partial charge in [0, 0.05) is 0 Å². The van der Waals surface area contributed by atoms with Crippen LogP contribution in [0.15, 0.2) is 0 Å². The van der Waals surface area contributed by atoms with Crippen molar-refractivity contribution in [3.8, 4) is 0 Å². The highest BCUT2D eigenvalue weighted by Crippen LogP contribution is 1.97. The fourth-order valence-corrected chi connectivity index (χ4v) is 0.800. The maximum absolute atomic E-state index is 10.1. The highest BCUT2D eigenvalue weighted by Gasteiger charge is 1.99. The molecule has 0 aliphatic carbocycles. The molecule has 6 heteroatoms. The fourth-order valence-electron chi connectivity index (χ4n) is 0.248. The smallest absolute Gasteiger partial charge is 0.319 e. The molecular formula is C3H9NO3S2. The van der Waals surface area contributed by atoms with Gasteiger partial charge in [-0.15, -0.1) is 0 Å². The van der Waals surface area contributed by atoms with E-state index in [1.54, 1.807) is 0 Å². The predicted octanol–water partition coefficient (Wildman–Crippen LogP) is -0.474. The van der Waals surface area contributed by atoms with Crippen molar-refractivity contribution in [1.82, 2.24) is 0 Å². The lowest BCUT2D eigenvalue weighted by Crippen LogP contribution is -2.06. The van der Waals surface area contributed by atoms with Gasteiger partial charge in [0.15, 0.2) is 0 Å². The lowest BCUT2D eigenvalue weighted by atomic mass is 10.5. The normalized spacial score (nSPS) is 11.8. The van der Waals surface area contributed by atoms with Crippen molar-refractivity contribution in [1.29, 1.82) is 0 Å². The Labute approximate surface area is 59.3 Å². The van der Waals surface area contributed by atoms with Crippen molar-refractivity contribution in [2.75, 3.05) is 13.2 Å². The van der Waals surface area contributed by atoms with Gasteiger partial charge < -0.3 is 5.73 Å². The molecule has 9 heavy (non-hydrogen) atoms. The van der Waals surface area contributed by atoms with E-state index in [-0.39, 0.29) is 6.61 Å². The van der Waals surface area contributed by atoms with E-state index in [0.717, 1.165) is 0 Å². The molecule has 0 aromatic carbocycles. The van der Waals surface area contributed by atoms with Crippen molar-refractivity contribution in [2.45, 2.75) is 6.42 Å². The van der Waals surface area contributed by atoms with E-state index in [9.17, 15) is 8.42 Å². The summed E-state index contributed by atoms with van der Waals surface area (Å²) in [6.07, 6.45) is 0.528. The Balaban J connectivity index is 3.30. The summed E-state index contributed by atoms with van der Waals surface area (Å²) < 4.78 is 24.4. The van der Waals surface area contributed by atoms with E-state index in [1.165, 1.54) is 0 Å². The Hall–Kier alpha value is 0.220. The molecule has 0 fully saturated rings. The van der Waals surface area contributed by atoms with E-state index in [4.69, 9.17) is 5.73 Å². The molecule has 0 bridgehead atoms. The van der Waals surface area contributed by atoms with Crippen LogP contribution in [-0.2, 0) is 13.3 Å². The van der Waals surface area contributed by atoms with Crippen molar-refractivity contribution in [3.05, 3.63) is 0 Å². The molecule has 0 atom stereocenters. The Kier molecular flexibility index (Phi) is 4.20. The maximum Gasteiger partial charge on any atom is 0.319 e. The van der Waals surface area contributed by atoms with Crippen LogP contribution in [0.4, 0.5) is 0 Å². The average Bonchev–Trinajstić information content (AvgIpc) is 1.63. The first-order chi connectivity index (χ1) is 4.06. The Morgan fingerprint density at radius 1 is 1.56 bits per heavy atom. The third-order valence-corrected chi connectivity index (χ3v) is 1.36. The minimum absolute atomic E-state index is 0.113. The standard InChI is InChI=1S/C3H9NO3S2/c4-2-1-3-7-9(5,6)8/h1-4H2,(H,5,6,8). The molecule has 0 rings (SSSR count). The van der Waals surface area contributed by atoms with Gasteiger partial charge in [-0.05, 0) is 24.6 Å². The fraction of sp³-hybridized carbons (Fsp3) is 1.00. The third kappa shape index (κ3) is 8.22. The van der Waals surface area contributed by atoms with Gasteiger partial charge in [0.05, 0.1) is 6.61 Å². The van der Waals surface area contributed by atoms with Crippen molar-refractivity contribution in [3.63, 3.8) is 0 Å². The zero-order chi connectivity index (χ0) is 7.33. The van der Waals surface area contributed by atoms with Crippen LogP contribution in [-0.4, -0.2) is 21.6 Å². The largest absolute Gasteiger partial charge is 0.330 e. The first-order valence-electron chi connectivity index (χ1n) is 2.38. The molecule has 2 N–H and O–H groups in total. The number of rotatable bonds is 4. The topological polar surface area (TPSA) is 69.4 Å². The Morgan fingerprint density at radius 3 is 2.44 bits per heavy atom. The summed E-state index contributed by atoms with van der Waals surface area (Å²) in [4.78, 5) is 0. The van der Waals surface area contributed by atoms with Gasteiger partial charge in [0.1, 0.15) is 0 Å². The molecule has 0 amide bonds. The molecule has 56 valence electrons. The van der Waals surface area contributed by atoms with Crippen LogP contribution < -0.4 is 5.73 Å². The second kappa shape index (κ2) is 4.10. The van der Waals surface area contributed by atoms with E-state index in [2.05, 4.69) is 15.8 Å². The van der Waals surface area contributed by atoms with Crippen molar-refractivity contribution >= 4 is 20.8 Å². The lowest BCUT2D eigenvalue weighted by Gasteiger charge is -1.95. The van der Waals surface area contributed by atoms with E-state index >= 15 is 0 Å². The quantitative estimate of drug-likeness (QED) is 0.341. The van der Waals surface area contributed by atoms with Gasteiger partial charge >= 0.3 is 9.15 Å². The van der Waals surface area contributed by atoms with Crippen LogP contribution in [0.3, 0.4) is 0 Å². The van der Waals surface area contributed by atoms with Gasteiger partial charge in [-0.25, -0.2) is 0 Å². The summed E-state index contributed by atoms with van der Waals surface area (Å²) in [5, 5.41) is 0. The van der Waals surface area contributed by atoms with Gasteiger partial charge in [0.2, 0.25) is 0 Å². The van der Waals surface area contributed by atoms with Crippen molar-refractivity contribution in [2.24, 2.45) is 5.73 Å². The molecule has 0 radical (unpaired) electrons. The highest BCUT2D eigenvalue weighted by atomic mass is 33.1. The molecule has 0 aromatic rings. The molecule has 0 spiro atoms. The zero-order valence-electron chi connectivity index (χ0n) is 4.78. The van der Waals surface area contributed by atoms with Gasteiger partial charge in [-0.1, -0.05) is 0 Å². The van der Waals surface area contributed by atoms with Gasteiger partial charge in [-0.2, -0.15) is 8.42 Å². The Morgan fingerprint density at radius 2 is 2.11 bits per heavy atom. The number of hydrogen-bond acceptors (Lipinski definition) is 4. The first kappa shape index (κ1) is 9.22. The second-order valence-electron chi connectivity index (χ2n) is 1.39. The third-order valence-electron chi connectivity index (χ3n) is 0.581. The molecule has 0 aromatic heterocycles. The van der Waals surface area contributed by atoms with E-state index < -0.39 is 9.15 Å². The van der Waals surface area contributed by atoms with Crippen LogP contribution in [0.1, 0.15) is 6.42 Å². The lowest BCUT2D eigenvalue weighted by molar-refractivity contribution is 0.325. The van der Waals surface area contributed by atoms with Crippen LogP contribution >= 0.6 is 11.7 Å².